The molecule has 4 aliphatic rings. The first kappa shape index (κ1) is 24.7. The van der Waals surface area contributed by atoms with Gasteiger partial charge in [0.1, 0.15) is 0 Å². The fraction of sp³-hybridized carbons (Fsp3) is 1.00. The smallest absolute Gasteiger partial charge is 0.153 e. The Balaban J connectivity index is 1.08. The van der Waals surface area contributed by atoms with Crippen molar-refractivity contribution < 1.29 is 17.5 Å². The van der Waals surface area contributed by atoms with Crippen molar-refractivity contribution in [2.24, 2.45) is 47.3 Å². The van der Waals surface area contributed by atoms with Gasteiger partial charge in [-0.2, -0.15) is 0 Å². The van der Waals surface area contributed by atoms with E-state index in [-0.39, 0.29) is 0 Å². The molecule has 10 atom stereocenters. The summed E-state index contributed by atoms with van der Waals surface area (Å²) in [5, 5.41) is 0. The summed E-state index contributed by atoms with van der Waals surface area (Å²) in [6, 6.07) is 0. The van der Waals surface area contributed by atoms with Gasteiger partial charge < -0.3 is 9.11 Å². The van der Waals surface area contributed by atoms with Crippen molar-refractivity contribution in [3.63, 3.8) is 0 Å². The molecule has 0 aliphatic heterocycles. The summed E-state index contributed by atoms with van der Waals surface area (Å²) in [4.78, 5) is 0. The van der Waals surface area contributed by atoms with E-state index in [0.29, 0.717) is 47.0 Å². The van der Waals surface area contributed by atoms with Crippen LogP contribution in [0.5, 0.6) is 0 Å². The van der Waals surface area contributed by atoms with Crippen LogP contribution in [0.15, 0.2) is 0 Å². The van der Waals surface area contributed by atoms with E-state index in [1.807, 2.05) is 43.2 Å². The van der Waals surface area contributed by atoms with Crippen LogP contribution in [0.25, 0.3) is 0 Å². The normalized spacial score (nSPS) is 41.5. The van der Waals surface area contributed by atoms with Crippen molar-refractivity contribution in [3.05, 3.63) is 0 Å². The first-order valence-electron chi connectivity index (χ1n) is 11.2. The molecule has 2 N–H and O–H groups in total. The molecule has 0 radical (unpaired) electrons. The standard InChI is InChI=1S/C20H34O4S6/c21-29(22)11-19-15-3-1-13(7-15)17(19)9-27-25-5-6-26-28-10-18-14-2-4-16(8-14)20(18)12-30(23)24/h13-20H,1-12H2,(H,21,22)(H,23,24)/t13-,14-,15+,16+,17-,18-,19-,20-/m0/s1. The molecule has 174 valence electrons. The Hall–Kier alpha value is 1.62. The van der Waals surface area contributed by atoms with Crippen molar-refractivity contribution in [2.45, 2.75) is 38.5 Å². The lowest BCUT2D eigenvalue weighted by atomic mass is 9.81. The van der Waals surface area contributed by atoms with Crippen molar-refractivity contribution in [1.82, 2.24) is 0 Å². The minimum atomic E-state index is -1.65. The summed E-state index contributed by atoms with van der Waals surface area (Å²) in [7, 11) is 7.87. The maximum absolute atomic E-state index is 11.3. The second kappa shape index (κ2) is 11.8. The first-order chi connectivity index (χ1) is 14.5. The molecule has 4 aliphatic carbocycles. The number of fused-ring (bicyclic) bond motifs is 4. The molecule has 0 aromatic rings. The largest absolute Gasteiger partial charge is 0.306 e. The molecule has 4 fully saturated rings. The highest BCUT2D eigenvalue weighted by Crippen LogP contribution is 2.55. The van der Waals surface area contributed by atoms with E-state index < -0.39 is 22.2 Å². The third kappa shape index (κ3) is 6.19. The summed E-state index contributed by atoms with van der Waals surface area (Å²) in [6.45, 7) is 0. The predicted molar refractivity (Wildman–Crippen MR) is 137 cm³/mol. The van der Waals surface area contributed by atoms with E-state index in [1.165, 1.54) is 38.5 Å². The van der Waals surface area contributed by atoms with Gasteiger partial charge in [-0.15, -0.1) is 0 Å². The fourth-order valence-electron chi connectivity index (χ4n) is 6.87. The molecule has 0 amide bonds. The quantitative estimate of drug-likeness (QED) is 0.183. The molecule has 4 rings (SSSR count). The first-order valence-corrected chi connectivity index (χ1v) is 18.7. The van der Waals surface area contributed by atoms with Gasteiger partial charge in [-0.1, -0.05) is 43.2 Å². The van der Waals surface area contributed by atoms with Gasteiger partial charge >= 0.3 is 0 Å². The molecule has 0 saturated heterocycles. The van der Waals surface area contributed by atoms with Gasteiger partial charge in [-0.3, -0.25) is 0 Å². The Morgan fingerprint density at radius 2 is 0.967 bits per heavy atom. The molecule has 4 bridgehead atoms. The molecular formula is C20H34O4S6. The summed E-state index contributed by atoms with van der Waals surface area (Å²) in [5.74, 6) is 10.7. The van der Waals surface area contributed by atoms with Crippen molar-refractivity contribution in [3.8, 4) is 0 Å². The Kier molecular flexibility index (Phi) is 9.77. The molecule has 4 nitrogen and oxygen atoms in total. The van der Waals surface area contributed by atoms with Gasteiger partial charge in [0, 0.05) is 23.0 Å². The maximum Gasteiger partial charge on any atom is 0.153 e. The van der Waals surface area contributed by atoms with E-state index in [2.05, 4.69) is 0 Å². The molecule has 0 heterocycles. The predicted octanol–water partition coefficient (Wildman–Crippen LogP) is 5.52. The molecule has 0 spiro atoms. The van der Waals surface area contributed by atoms with Crippen molar-refractivity contribution in [1.29, 1.82) is 0 Å². The number of hydrogen-bond donors (Lipinski definition) is 2. The van der Waals surface area contributed by atoms with Crippen LogP contribution in [0, 0.1) is 47.3 Å². The third-order valence-electron chi connectivity index (χ3n) is 8.16. The van der Waals surface area contributed by atoms with Gasteiger partial charge in [-0.05, 0) is 85.9 Å². The van der Waals surface area contributed by atoms with E-state index in [4.69, 9.17) is 0 Å². The van der Waals surface area contributed by atoms with Crippen LogP contribution in [0.4, 0.5) is 0 Å². The maximum atomic E-state index is 11.3. The van der Waals surface area contributed by atoms with E-state index in [9.17, 15) is 17.5 Å². The van der Waals surface area contributed by atoms with Crippen molar-refractivity contribution >= 4 is 65.3 Å². The zero-order chi connectivity index (χ0) is 21.1. The fourth-order valence-corrected chi connectivity index (χ4v) is 14.3. The Morgan fingerprint density at radius 1 is 0.600 bits per heavy atom. The van der Waals surface area contributed by atoms with Crippen LogP contribution in [0.2, 0.25) is 0 Å². The summed E-state index contributed by atoms with van der Waals surface area (Å²) in [5.41, 5.74) is 0. The Labute approximate surface area is 202 Å². The van der Waals surface area contributed by atoms with Gasteiger partial charge in [0.2, 0.25) is 0 Å². The second-order valence-corrected chi connectivity index (χ2v) is 16.7. The van der Waals surface area contributed by atoms with Crippen LogP contribution in [0.1, 0.15) is 38.5 Å². The van der Waals surface area contributed by atoms with Crippen LogP contribution in [-0.4, -0.2) is 52.0 Å². The highest BCUT2D eigenvalue weighted by atomic mass is 33.1. The molecule has 2 unspecified atom stereocenters. The zero-order valence-electron chi connectivity index (χ0n) is 17.3. The summed E-state index contributed by atoms with van der Waals surface area (Å²) in [6.07, 6.45) is 7.78. The molecule has 4 saturated carbocycles. The second-order valence-electron chi connectivity index (χ2n) is 9.51. The average Bonchev–Trinajstić information content (AvgIpc) is 3.46. The highest BCUT2D eigenvalue weighted by Gasteiger charge is 2.48. The minimum absolute atomic E-state index is 0.468. The number of hydrogen-bond acceptors (Lipinski definition) is 6. The van der Waals surface area contributed by atoms with Gasteiger partial charge in [0.15, 0.2) is 22.2 Å². The molecular weight excluding hydrogens is 497 g/mol. The van der Waals surface area contributed by atoms with Crippen LogP contribution in [0.3, 0.4) is 0 Å². The average molecular weight is 531 g/mol. The van der Waals surface area contributed by atoms with Crippen LogP contribution in [-0.2, 0) is 22.2 Å². The summed E-state index contributed by atoms with van der Waals surface area (Å²) < 4.78 is 41.4. The molecule has 0 aromatic heterocycles. The Bertz CT molecular complexity index is 570. The topological polar surface area (TPSA) is 74.6 Å². The lowest BCUT2D eigenvalue weighted by Gasteiger charge is -2.30. The van der Waals surface area contributed by atoms with Crippen LogP contribution >= 0.6 is 43.2 Å². The van der Waals surface area contributed by atoms with Gasteiger partial charge in [-0.25, -0.2) is 8.42 Å². The minimum Gasteiger partial charge on any atom is -0.306 e. The van der Waals surface area contributed by atoms with E-state index in [1.54, 1.807) is 0 Å². The Morgan fingerprint density at radius 3 is 1.33 bits per heavy atom. The van der Waals surface area contributed by atoms with Crippen molar-refractivity contribution in [2.75, 3.05) is 34.5 Å². The monoisotopic (exact) mass is 530 g/mol. The van der Waals surface area contributed by atoms with Crippen LogP contribution < -0.4 is 0 Å². The third-order valence-corrected chi connectivity index (χ3v) is 14.7. The SMILES string of the molecule is O=S(O)C[C@H]1[C@@H]2CC[C@@H](C2)[C@@H]1CSSCCSSC[C@H]1[C@H]2CC[C@H](C2)[C@@H]1CS(=O)O. The van der Waals surface area contributed by atoms with Gasteiger partial charge in [0.25, 0.3) is 0 Å². The molecule has 0 aromatic carbocycles. The summed E-state index contributed by atoms with van der Waals surface area (Å²) >= 11 is -3.30. The van der Waals surface area contributed by atoms with E-state index in [0.717, 1.165) is 34.8 Å². The molecule has 30 heavy (non-hydrogen) atoms. The molecule has 10 heteroatoms. The highest BCUT2D eigenvalue weighted by molar-refractivity contribution is 8.78. The van der Waals surface area contributed by atoms with E-state index >= 15 is 0 Å². The zero-order valence-corrected chi connectivity index (χ0v) is 22.2. The lowest BCUT2D eigenvalue weighted by molar-refractivity contribution is 0.265. The number of rotatable bonds is 13. The van der Waals surface area contributed by atoms with Gasteiger partial charge in [0.05, 0.1) is 11.5 Å². The lowest BCUT2D eigenvalue weighted by Crippen LogP contribution is -2.28.